The maximum Gasteiger partial charge on any atom is 0.230 e. The number of amides is 1. The number of aromatic nitrogens is 4. The first-order chi connectivity index (χ1) is 9.05. The van der Waals surface area contributed by atoms with Crippen LogP contribution in [0.15, 0.2) is 12.4 Å². The molecule has 0 unspecified atom stereocenters. The SMILES string of the molecule is Cn1cc(CC(=O)Nc2nc(C3(C)CC3)ns2)cn1. The van der Waals surface area contributed by atoms with Crippen molar-refractivity contribution in [1.29, 1.82) is 0 Å². The Hall–Kier alpha value is -1.76. The third-order valence-electron chi connectivity index (χ3n) is 3.34. The Kier molecular flexibility index (Phi) is 2.85. The number of carbonyl (C=O) groups excluding carboxylic acids is 1. The topological polar surface area (TPSA) is 72.7 Å². The zero-order valence-corrected chi connectivity index (χ0v) is 11.7. The van der Waals surface area contributed by atoms with Crippen molar-refractivity contribution >= 4 is 22.6 Å². The molecule has 100 valence electrons. The van der Waals surface area contributed by atoms with Crippen LogP contribution in [-0.2, 0) is 23.7 Å². The van der Waals surface area contributed by atoms with Gasteiger partial charge in [0.2, 0.25) is 11.0 Å². The fourth-order valence-corrected chi connectivity index (χ4v) is 2.56. The van der Waals surface area contributed by atoms with Crippen molar-refractivity contribution in [2.75, 3.05) is 5.32 Å². The predicted octanol–water partition coefficient (Wildman–Crippen LogP) is 1.50. The molecule has 2 aromatic heterocycles. The van der Waals surface area contributed by atoms with Crippen molar-refractivity contribution in [2.24, 2.45) is 7.05 Å². The standard InChI is InChI=1S/C12H15N5OS/c1-12(3-4-12)10-15-11(19-16-10)14-9(18)5-8-6-13-17(2)7-8/h6-7H,3-5H2,1-2H3,(H,14,15,16,18). The molecular formula is C12H15N5OS. The minimum atomic E-state index is -0.0864. The van der Waals surface area contributed by atoms with Gasteiger partial charge in [0.25, 0.3) is 0 Å². The molecule has 1 saturated carbocycles. The Morgan fingerprint density at radius 2 is 2.37 bits per heavy atom. The van der Waals surface area contributed by atoms with E-state index in [-0.39, 0.29) is 11.3 Å². The highest BCUT2D eigenvalue weighted by atomic mass is 32.1. The van der Waals surface area contributed by atoms with Crippen molar-refractivity contribution < 1.29 is 4.79 Å². The van der Waals surface area contributed by atoms with E-state index >= 15 is 0 Å². The number of hydrogen-bond acceptors (Lipinski definition) is 5. The van der Waals surface area contributed by atoms with Crippen molar-refractivity contribution in [3.8, 4) is 0 Å². The molecule has 3 rings (SSSR count). The fraction of sp³-hybridized carbons (Fsp3) is 0.500. The molecule has 0 radical (unpaired) electrons. The summed E-state index contributed by atoms with van der Waals surface area (Å²) in [6.07, 6.45) is 6.09. The van der Waals surface area contributed by atoms with E-state index in [1.54, 1.807) is 10.9 Å². The summed E-state index contributed by atoms with van der Waals surface area (Å²) in [4.78, 5) is 16.2. The highest BCUT2D eigenvalue weighted by Crippen LogP contribution is 2.46. The van der Waals surface area contributed by atoms with E-state index < -0.39 is 0 Å². The van der Waals surface area contributed by atoms with Crippen molar-refractivity contribution in [2.45, 2.75) is 31.6 Å². The maximum atomic E-state index is 11.9. The van der Waals surface area contributed by atoms with Gasteiger partial charge >= 0.3 is 0 Å². The molecule has 2 aromatic rings. The molecule has 0 bridgehead atoms. The predicted molar refractivity (Wildman–Crippen MR) is 72.0 cm³/mol. The number of carbonyl (C=O) groups is 1. The first-order valence-electron chi connectivity index (χ1n) is 6.17. The summed E-state index contributed by atoms with van der Waals surface area (Å²) >= 11 is 1.25. The Balaban J connectivity index is 1.61. The largest absolute Gasteiger partial charge is 0.300 e. The summed E-state index contributed by atoms with van der Waals surface area (Å²) in [5, 5.41) is 7.40. The highest BCUT2D eigenvalue weighted by molar-refractivity contribution is 7.09. The summed E-state index contributed by atoms with van der Waals surface area (Å²) in [6.45, 7) is 2.15. The Bertz CT molecular complexity index is 613. The van der Waals surface area contributed by atoms with E-state index in [1.807, 2.05) is 13.2 Å². The van der Waals surface area contributed by atoms with Gasteiger partial charge in [0.15, 0.2) is 5.82 Å². The minimum absolute atomic E-state index is 0.0864. The zero-order valence-electron chi connectivity index (χ0n) is 10.9. The second kappa shape index (κ2) is 4.41. The van der Waals surface area contributed by atoms with E-state index in [0.717, 1.165) is 24.2 Å². The third kappa shape index (κ3) is 2.65. The second-order valence-corrected chi connectivity index (χ2v) is 5.98. The molecule has 1 aliphatic rings. The lowest BCUT2D eigenvalue weighted by atomic mass is 10.1. The summed E-state index contributed by atoms with van der Waals surface area (Å²) < 4.78 is 5.99. The smallest absolute Gasteiger partial charge is 0.230 e. The van der Waals surface area contributed by atoms with Gasteiger partial charge in [-0.1, -0.05) is 6.92 Å². The Labute approximate surface area is 115 Å². The number of anilines is 1. The van der Waals surface area contributed by atoms with Crippen LogP contribution in [0.5, 0.6) is 0 Å². The van der Waals surface area contributed by atoms with Crippen LogP contribution in [0.1, 0.15) is 31.2 Å². The summed E-state index contributed by atoms with van der Waals surface area (Å²) in [5.41, 5.74) is 1.03. The molecule has 0 aliphatic heterocycles. The van der Waals surface area contributed by atoms with Gasteiger partial charge < -0.3 is 5.32 Å². The molecule has 19 heavy (non-hydrogen) atoms. The molecule has 0 atom stereocenters. The van der Waals surface area contributed by atoms with Crippen LogP contribution in [0.3, 0.4) is 0 Å². The van der Waals surface area contributed by atoms with Gasteiger partial charge in [-0.05, 0) is 18.4 Å². The average Bonchev–Trinajstić information content (AvgIpc) is 2.76. The molecule has 2 heterocycles. The second-order valence-electron chi connectivity index (χ2n) is 5.23. The van der Waals surface area contributed by atoms with Gasteiger partial charge in [0.1, 0.15) is 0 Å². The van der Waals surface area contributed by atoms with E-state index in [9.17, 15) is 4.79 Å². The normalized spacial score (nSPS) is 16.3. The van der Waals surface area contributed by atoms with Crippen LogP contribution in [-0.4, -0.2) is 25.0 Å². The van der Waals surface area contributed by atoms with Gasteiger partial charge in [-0.3, -0.25) is 9.48 Å². The molecule has 1 N–H and O–H groups in total. The van der Waals surface area contributed by atoms with Crippen LogP contribution in [0.25, 0.3) is 0 Å². The maximum absolute atomic E-state index is 11.9. The van der Waals surface area contributed by atoms with Gasteiger partial charge in [-0.2, -0.15) is 9.47 Å². The third-order valence-corrected chi connectivity index (χ3v) is 3.97. The molecular weight excluding hydrogens is 262 g/mol. The lowest BCUT2D eigenvalue weighted by Gasteiger charge is -2.00. The van der Waals surface area contributed by atoms with Gasteiger partial charge in [0.05, 0.1) is 12.6 Å². The van der Waals surface area contributed by atoms with Crippen LogP contribution >= 0.6 is 11.5 Å². The Morgan fingerprint density at radius 3 is 3.00 bits per heavy atom. The van der Waals surface area contributed by atoms with Crippen LogP contribution in [0, 0.1) is 0 Å². The zero-order chi connectivity index (χ0) is 13.5. The van der Waals surface area contributed by atoms with Crippen LogP contribution in [0.4, 0.5) is 5.13 Å². The van der Waals surface area contributed by atoms with Gasteiger partial charge in [-0.25, -0.2) is 4.98 Å². The first kappa shape index (κ1) is 12.3. The van der Waals surface area contributed by atoms with Gasteiger partial charge in [0, 0.05) is 30.2 Å². The van der Waals surface area contributed by atoms with E-state index in [1.165, 1.54) is 11.5 Å². The minimum Gasteiger partial charge on any atom is -0.300 e. The monoisotopic (exact) mass is 277 g/mol. The number of nitrogens with zero attached hydrogens (tertiary/aromatic N) is 4. The number of aryl methyl sites for hydroxylation is 1. The van der Waals surface area contributed by atoms with E-state index in [4.69, 9.17) is 0 Å². The van der Waals surface area contributed by atoms with Gasteiger partial charge in [-0.15, -0.1) is 0 Å². The lowest BCUT2D eigenvalue weighted by molar-refractivity contribution is -0.115. The van der Waals surface area contributed by atoms with Crippen LogP contribution in [0.2, 0.25) is 0 Å². The summed E-state index contributed by atoms with van der Waals surface area (Å²) in [6, 6.07) is 0. The Morgan fingerprint density at radius 1 is 1.58 bits per heavy atom. The summed E-state index contributed by atoms with van der Waals surface area (Å²) in [5.74, 6) is 0.769. The summed E-state index contributed by atoms with van der Waals surface area (Å²) in [7, 11) is 1.83. The molecule has 0 spiro atoms. The molecule has 0 saturated heterocycles. The first-order valence-corrected chi connectivity index (χ1v) is 6.94. The number of hydrogen-bond donors (Lipinski definition) is 1. The fourth-order valence-electron chi connectivity index (χ4n) is 1.84. The highest BCUT2D eigenvalue weighted by Gasteiger charge is 2.42. The average molecular weight is 277 g/mol. The molecule has 0 aromatic carbocycles. The molecule has 7 heteroatoms. The molecule has 1 fully saturated rings. The van der Waals surface area contributed by atoms with Crippen molar-refractivity contribution in [1.82, 2.24) is 19.1 Å². The lowest BCUT2D eigenvalue weighted by Crippen LogP contribution is -2.14. The molecule has 1 amide bonds. The molecule has 6 nitrogen and oxygen atoms in total. The molecule has 1 aliphatic carbocycles. The number of rotatable bonds is 4. The van der Waals surface area contributed by atoms with Crippen LogP contribution < -0.4 is 5.32 Å². The van der Waals surface area contributed by atoms with Crippen molar-refractivity contribution in [3.05, 3.63) is 23.8 Å². The van der Waals surface area contributed by atoms with Crippen molar-refractivity contribution in [3.63, 3.8) is 0 Å². The van der Waals surface area contributed by atoms with E-state index in [0.29, 0.717) is 11.6 Å². The van der Waals surface area contributed by atoms with E-state index in [2.05, 4.69) is 26.7 Å². The quantitative estimate of drug-likeness (QED) is 0.919. The number of nitrogens with one attached hydrogen (secondary N) is 1.